The molecule has 1 rings (SSSR count). The molecule has 1 amide bonds. The number of amides is 1. The first-order valence-electron chi connectivity index (χ1n) is 4.39. The topological polar surface area (TPSA) is 92.5 Å². The third-order valence-corrected chi connectivity index (χ3v) is 1.80. The molecule has 0 saturated carbocycles. The van der Waals surface area contributed by atoms with E-state index in [9.17, 15) is 19.3 Å². The Bertz CT molecular complexity index is 422. The van der Waals surface area contributed by atoms with Crippen LogP contribution in [0.25, 0.3) is 0 Å². The van der Waals surface area contributed by atoms with Gasteiger partial charge in [-0.05, 0) is 6.07 Å². The van der Waals surface area contributed by atoms with E-state index in [2.05, 4.69) is 5.32 Å². The average molecular weight is 228 g/mol. The maximum atomic E-state index is 13.2. The zero-order valence-electron chi connectivity index (χ0n) is 8.14. The third-order valence-electron chi connectivity index (χ3n) is 1.80. The Hall–Kier alpha value is -2.02. The molecule has 0 aliphatic heterocycles. The molecule has 86 valence electrons. The summed E-state index contributed by atoms with van der Waals surface area (Å²) >= 11 is 0. The number of halogens is 1. The molecule has 2 N–H and O–H groups in total. The number of nitrogens with zero attached hydrogens (tertiary/aromatic N) is 1. The highest BCUT2D eigenvalue weighted by Crippen LogP contribution is 2.16. The molecule has 0 spiro atoms. The van der Waals surface area contributed by atoms with Crippen LogP contribution in [0.3, 0.4) is 0 Å². The number of nitro benzene ring substituents is 1. The van der Waals surface area contributed by atoms with Crippen LogP contribution in [-0.4, -0.2) is 29.1 Å². The minimum absolute atomic E-state index is 0.0407. The van der Waals surface area contributed by atoms with E-state index in [0.29, 0.717) is 0 Å². The summed E-state index contributed by atoms with van der Waals surface area (Å²) in [4.78, 5) is 21.0. The fourth-order valence-corrected chi connectivity index (χ4v) is 1.07. The van der Waals surface area contributed by atoms with Crippen molar-refractivity contribution in [2.24, 2.45) is 0 Å². The van der Waals surface area contributed by atoms with Gasteiger partial charge in [-0.2, -0.15) is 0 Å². The number of carbonyl (C=O) groups is 1. The average Bonchev–Trinajstić information content (AvgIpc) is 2.26. The van der Waals surface area contributed by atoms with Gasteiger partial charge in [-0.3, -0.25) is 14.9 Å². The fourth-order valence-electron chi connectivity index (χ4n) is 1.07. The van der Waals surface area contributed by atoms with Crippen molar-refractivity contribution in [1.29, 1.82) is 0 Å². The van der Waals surface area contributed by atoms with Crippen molar-refractivity contribution >= 4 is 11.6 Å². The van der Waals surface area contributed by atoms with Crippen LogP contribution in [0, 0.1) is 15.9 Å². The van der Waals surface area contributed by atoms with Crippen molar-refractivity contribution < 1.29 is 19.2 Å². The quantitative estimate of drug-likeness (QED) is 0.578. The summed E-state index contributed by atoms with van der Waals surface area (Å²) in [5.74, 6) is -1.64. The van der Waals surface area contributed by atoms with Crippen LogP contribution < -0.4 is 5.32 Å². The molecule has 0 atom stereocenters. The zero-order chi connectivity index (χ0) is 12.1. The second-order valence-electron chi connectivity index (χ2n) is 2.90. The van der Waals surface area contributed by atoms with E-state index < -0.39 is 22.2 Å². The van der Waals surface area contributed by atoms with E-state index in [-0.39, 0.29) is 18.8 Å². The molecule has 6 nitrogen and oxygen atoms in total. The summed E-state index contributed by atoms with van der Waals surface area (Å²) < 4.78 is 13.2. The first-order chi connectivity index (χ1) is 7.56. The Morgan fingerprint density at radius 3 is 2.81 bits per heavy atom. The van der Waals surface area contributed by atoms with Gasteiger partial charge in [0.1, 0.15) is 5.82 Å². The largest absolute Gasteiger partial charge is 0.395 e. The second-order valence-corrected chi connectivity index (χ2v) is 2.90. The number of aliphatic hydroxyl groups excluding tert-OH is 1. The van der Waals surface area contributed by atoms with E-state index in [4.69, 9.17) is 5.11 Å². The van der Waals surface area contributed by atoms with Crippen LogP contribution in [0.1, 0.15) is 10.4 Å². The number of hydrogen-bond acceptors (Lipinski definition) is 4. The minimum atomic E-state index is -0.846. The molecule has 1 aromatic carbocycles. The van der Waals surface area contributed by atoms with Gasteiger partial charge in [-0.1, -0.05) is 0 Å². The first-order valence-corrected chi connectivity index (χ1v) is 4.39. The Morgan fingerprint density at radius 2 is 2.25 bits per heavy atom. The molecule has 16 heavy (non-hydrogen) atoms. The van der Waals surface area contributed by atoms with E-state index >= 15 is 0 Å². The smallest absolute Gasteiger partial charge is 0.270 e. The van der Waals surface area contributed by atoms with Crippen molar-refractivity contribution in [1.82, 2.24) is 5.32 Å². The standard InChI is InChI=1S/C9H9FN2O4/c10-8-2-1-6(12(15)16)5-7(8)9(14)11-3-4-13/h1-2,5,13H,3-4H2,(H,11,14). The van der Waals surface area contributed by atoms with E-state index in [1.807, 2.05) is 0 Å². The molecule has 0 aliphatic rings. The lowest BCUT2D eigenvalue weighted by molar-refractivity contribution is -0.384. The van der Waals surface area contributed by atoms with E-state index in [1.54, 1.807) is 0 Å². The minimum Gasteiger partial charge on any atom is -0.395 e. The molecule has 0 bridgehead atoms. The van der Waals surface area contributed by atoms with Gasteiger partial charge in [0.15, 0.2) is 0 Å². The number of hydrogen-bond donors (Lipinski definition) is 2. The van der Waals surface area contributed by atoms with Crippen molar-refractivity contribution in [2.75, 3.05) is 13.2 Å². The summed E-state index contributed by atoms with van der Waals surface area (Å²) in [5, 5.41) is 21.1. The number of nitro groups is 1. The molecular weight excluding hydrogens is 219 g/mol. The van der Waals surface area contributed by atoms with Gasteiger partial charge in [0.2, 0.25) is 0 Å². The number of nitrogens with one attached hydrogen (secondary N) is 1. The number of non-ortho nitro benzene ring substituents is 1. The molecule has 0 fully saturated rings. The fraction of sp³-hybridized carbons (Fsp3) is 0.222. The summed E-state index contributed by atoms with van der Waals surface area (Å²) in [6.07, 6.45) is 0. The Balaban J connectivity index is 2.97. The van der Waals surface area contributed by atoms with Crippen LogP contribution in [0.5, 0.6) is 0 Å². The predicted octanol–water partition coefficient (Wildman–Crippen LogP) is 0.456. The normalized spacial score (nSPS) is 9.88. The molecule has 0 aliphatic carbocycles. The van der Waals surface area contributed by atoms with Gasteiger partial charge in [-0.15, -0.1) is 0 Å². The SMILES string of the molecule is O=C(NCCO)c1cc([N+](=O)[O-])ccc1F. The van der Waals surface area contributed by atoms with Crippen LogP contribution in [0.15, 0.2) is 18.2 Å². The summed E-state index contributed by atoms with van der Waals surface area (Å²) in [7, 11) is 0. The number of aliphatic hydroxyl groups is 1. The zero-order valence-corrected chi connectivity index (χ0v) is 8.14. The highest BCUT2D eigenvalue weighted by atomic mass is 19.1. The lowest BCUT2D eigenvalue weighted by Gasteiger charge is -2.03. The van der Waals surface area contributed by atoms with Crippen molar-refractivity contribution in [3.63, 3.8) is 0 Å². The lowest BCUT2D eigenvalue weighted by Crippen LogP contribution is -2.27. The van der Waals surface area contributed by atoms with Crippen LogP contribution >= 0.6 is 0 Å². The molecule has 0 radical (unpaired) electrons. The maximum absolute atomic E-state index is 13.2. The predicted molar refractivity (Wildman–Crippen MR) is 52.5 cm³/mol. The van der Waals surface area contributed by atoms with E-state index in [1.165, 1.54) is 0 Å². The molecule has 1 aromatic rings. The lowest BCUT2D eigenvalue weighted by atomic mass is 10.2. The van der Waals surface area contributed by atoms with Crippen LogP contribution in [0.2, 0.25) is 0 Å². The summed E-state index contributed by atoms with van der Waals surface area (Å²) in [6.45, 7) is -0.330. The Kier molecular flexibility index (Phi) is 3.90. The summed E-state index contributed by atoms with van der Waals surface area (Å²) in [6, 6.07) is 2.67. The summed E-state index contributed by atoms with van der Waals surface area (Å²) in [5.41, 5.74) is -0.779. The number of benzene rings is 1. The van der Waals surface area contributed by atoms with Gasteiger partial charge in [-0.25, -0.2) is 4.39 Å². The van der Waals surface area contributed by atoms with Crippen molar-refractivity contribution in [3.05, 3.63) is 39.7 Å². The van der Waals surface area contributed by atoms with Crippen molar-refractivity contribution in [2.45, 2.75) is 0 Å². The van der Waals surface area contributed by atoms with Crippen LogP contribution in [0.4, 0.5) is 10.1 Å². The Morgan fingerprint density at radius 1 is 1.56 bits per heavy atom. The first kappa shape index (κ1) is 12.1. The Labute approximate surface area is 89.9 Å². The molecule has 0 heterocycles. The third kappa shape index (κ3) is 2.74. The molecule has 0 unspecified atom stereocenters. The molecular formula is C9H9FN2O4. The highest BCUT2D eigenvalue weighted by Gasteiger charge is 2.16. The number of carbonyl (C=O) groups excluding carboxylic acids is 1. The molecule has 7 heteroatoms. The van der Waals surface area contributed by atoms with Gasteiger partial charge in [0.05, 0.1) is 17.1 Å². The van der Waals surface area contributed by atoms with Crippen molar-refractivity contribution in [3.8, 4) is 0 Å². The van der Waals surface area contributed by atoms with Crippen LogP contribution in [-0.2, 0) is 0 Å². The maximum Gasteiger partial charge on any atom is 0.270 e. The van der Waals surface area contributed by atoms with Gasteiger partial charge < -0.3 is 10.4 Å². The van der Waals surface area contributed by atoms with E-state index in [0.717, 1.165) is 18.2 Å². The molecule has 0 saturated heterocycles. The van der Waals surface area contributed by atoms with Gasteiger partial charge in [0, 0.05) is 18.7 Å². The monoisotopic (exact) mass is 228 g/mol. The van der Waals surface area contributed by atoms with Gasteiger partial charge >= 0.3 is 0 Å². The highest BCUT2D eigenvalue weighted by molar-refractivity contribution is 5.95. The molecule has 0 aromatic heterocycles. The van der Waals surface area contributed by atoms with Gasteiger partial charge in [0.25, 0.3) is 11.6 Å². The second kappa shape index (κ2) is 5.17. The number of rotatable bonds is 4.